The number of nitrogens with zero attached hydrogens (tertiary/aromatic N) is 1. The van der Waals surface area contributed by atoms with Crippen molar-refractivity contribution in [3.05, 3.63) is 53.0 Å². The van der Waals surface area contributed by atoms with Crippen LogP contribution >= 0.6 is 0 Å². The number of ether oxygens (including phenoxy) is 1. The molecular formula is C16H16FNO3. The second-order valence-electron chi connectivity index (χ2n) is 5.06. The number of carbonyl (C=O) groups is 1. The Balaban J connectivity index is 2.41. The van der Waals surface area contributed by atoms with Crippen LogP contribution in [0, 0.1) is 12.7 Å². The van der Waals surface area contributed by atoms with Crippen LogP contribution in [0.4, 0.5) is 4.39 Å². The molecule has 0 unspecified atom stereocenters. The number of carboxylic acids is 1. The maximum atomic E-state index is 14.0. The minimum Gasteiger partial charge on any atom is -0.478 e. The van der Waals surface area contributed by atoms with Crippen molar-refractivity contribution in [2.75, 3.05) is 0 Å². The predicted molar refractivity (Wildman–Crippen MR) is 76.5 cm³/mol. The molecule has 0 saturated heterocycles. The third kappa shape index (κ3) is 3.18. The van der Waals surface area contributed by atoms with E-state index in [1.165, 1.54) is 6.20 Å². The highest BCUT2D eigenvalue weighted by molar-refractivity contribution is 5.88. The third-order valence-corrected chi connectivity index (χ3v) is 3.17. The quantitative estimate of drug-likeness (QED) is 0.918. The van der Waals surface area contributed by atoms with Crippen molar-refractivity contribution < 1.29 is 19.0 Å². The Morgan fingerprint density at radius 3 is 2.67 bits per heavy atom. The molecule has 110 valence electrons. The largest absolute Gasteiger partial charge is 0.478 e. The van der Waals surface area contributed by atoms with Crippen LogP contribution in [0.2, 0.25) is 0 Å². The van der Waals surface area contributed by atoms with Gasteiger partial charge < -0.3 is 9.84 Å². The zero-order valence-electron chi connectivity index (χ0n) is 12.1. The summed E-state index contributed by atoms with van der Waals surface area (Å²) in [5, 5.41) is 8.90. The van der Waals surface area contributed by atoms with E-state index < -0.39 is 17.3 Å². The minimum absolute atomic E-state index is 0.302. The minimum atomic E-state index is -1.35. The van der Waals surface area contributed by atoms with Crippen LogP contribution in [0.15, 0.2) is 30.5 Å². The zero-order chi connectivity index (χ0) is 15.6. The summed E-state index contributed by atoms with van der Waals surface area (Å²) in [4.78, 5) is 14.7. The van der Waals surface area contributed by atoms with Crippen molar-refractivity contribution >= 4 is 5.97 Å². The molecule has 1 aromatic carbocycles. The maximum absolute atomic E-state index is 14.0. The Bertz CT molecular complexity index is 683. The standard InChI is InChI=1S/C16H16FNO3/c1-9(2)11-5-4-10(3)13(8-11)21-15-14(17)12(16(19)20)6-7-18-15/h4-9H,1-3H3,(H,19,20). The molecule has 0 fully saturated rings. The molecule has 0 bridgehead atoms. The van der Waals surface area contributed by atoms with Gasteiger partial charge in [-0.25, -0.2) is 14.2 Å². The van der Waals surface area contributed by atoms with Gasteiger partial charge in [0.2, 0.25) is 0 Å². The SMILES string of the molecule is Cc1ccc(C(C)C)cc1Oc1nccc(C(=O)O)c1F. The molecule has 1 N–H and O–H groups in total. The smallest absolute Gasteiger partial charge is 0.338 e. The number of carboxylic acid groups (broad SMARTS) is 1. The van der Waals surface area contributed by atoms with Gasteiger partial charge >= 0.3 is 5.97 Å². The number of hydrogen-bond donors (Lipinski definition) is 1. The van der Waals surface area contributed by atoms with Crippen LogP contribution in [0.1, 0.15) is 41.3 Å². The highest BCUT2D eigenvalue weighted by Crippen LogP contribution is 2.29. The highest BCUT2D eigenvalue weighted by atomic mass is 19.1. The van der Waals surface area contributed by atoms with E-state index in [-0.39, 0.29) is 5.88 Å². The molecular weight excluding hydrogens is 273 g/mol. The molecule has 4 nitrogen and oxygen atoms in total. The second kappa shape index (κ2) is 5.91. The first kappa shape index (κ1) is 15.0. The average molecular weight is 289 g/mol. The number of pyridine rings is 1. The molecule has 1 heterocycles. The van der Waals surface area contributed by atoms with Gasteiger partial charge in [0.25, 0.3) is 5.88 Å². The molecule has 2 aromatic rings. The predicted octanol–water partition coefficient (Wildman–Crippen LogP) is 4.14. The van der Waals surface area contributed by atoms with E-state index in [0.717, 1.165) is 17.2 Å². The molecule has 0 aliphatic heterocycles. The summed E-state index contributed by atoms with van der Waals surface area (Å²) in [6, 6.07) is 6.77. The van der Waals surface area contributed by atoms with Gasteiger partial charge in [-0.3, -0.25) is 0 Å². The van der Waals surface area contributed by atoms with Gasteiger partial charge in [0, 0.05) is 6.20 Å². The first-order valence-corrected chi connectivity index (χ1v) is 6.56. The van der Waals surface area contributed by atoms with E-state index in [0.29, 0.717) is 11.7 Å². The molecule has 21 heavy (non-hydrogen) atoms. The van der Waals surface area contributed by atoms with Crippen LogP contribution in [-0.2, 0) is 0 Å². The molecule has 1 aromatic heterocycles. The first-order chi connectivity index (χ1) is 9.90. The van der Waals surface area contributed by atoms with E-state index >= 15 is 0 Å². The number of aromatic carboxylic acids is 1. The third-order valence-electron chi connectivity index (χ3n) is 3.17. The molecule has 5 heteroatoms. The van der Waals surface area contributed by atoms with Crippen molar-refractivity contribution in [3.63, 3.8) is 0 Å². The van der Waals surface area contributed by atoms with E-state index in [1.807, 2.05) is 39.0 Å². The van der Waals surface area contributed by atoms with E-state index in [4.69, 9.17) is 9.84 Å². The lowest BCUT2D eigenvalue weighted by molar-refractivity contribution is 0.0690. The molecule has 0 amide bonds. The number of hydrogen-bond acceptors (Lipinski definition) is 3. The van der Waals surface area contributed by atoms with Crippen molar-refractivity contribution in [2.24, 2.45) is 0 Å². The topological polar surface area (TPSA) is 59.4 Å². The van der Waals surface area contributed by atoms with Crippen LogP contribution in [-0.4, -0.2) is 16.1 Å². The normalized spacial score (nSPS) is 10.7. The summed E-state index contributed by atoms with van der Waals surface area (Å²) in [5.41, 5.74) is 1.41. The second-order valence-corrected chi connectivity index (χ2v) is 5.06. The number of halogens is 1. The molecule has 0 aliphatic rings. The number of aryl methyl sites for hydroxylation is 1. The van der Waals surface area contributed by atoms with Crippen molar-refractivity contribution in [2.45, 2.75) is 26.7 Å². The lowest BCUT2D eigenvalue weighted by Gasteiger charge is -2.12. The van der Waals surface area contributed by atoms with Gasteiger partial charge in [0.15, 0.2) is 5.82 Å². The van der Waals surface area contributed by atoms with Gasteiger partial charge in [-0.15, -0.1) is 0 Å². The molecule has 0 radical (unpaired) electrons. The average Bonchev–Trinajstić information content (AvgIpc) is 2.42. The first-order valence-electron chi connectivity index (χ1n) is 6.56. The summed E-state index contributed by atoms with van der Waals surface area (Å²) in [7, 11) is 0. The highest BCUT2D eigenvalue weighted by Gasteiger charge is 2.17. The lowest BCUT2D eigenvalue weighted by atomic mass is 10.0. The van der Waals surface area contributed by atoms with Crippen LogP contribution in [0.5, 0.6) is 11.6 Å². The molecule has 0 saturated carbocycles. The monoisotopic (exact) mass is 289 g/mol. The Kier molecular flexibility index (Phi) is 4.21. The van der Waals surface area contributed by atoms with Gasteiger partial charge in [0.1, 0.15) is 11.3 Å². The Morgan fingerprint density at radius 1 is 1.33 bits per heavy atom. The van der Waals surface area contributed by atoms with Crippen molar-refractivity contribution in [3.8, 4) is 11.6 Å². The van der Waals surface area contributed by atoms with Gasteiger partial charge in [-0.1, -0.05) is 26.0 Å². The fourth-order valence-electron chi connectivity index (χ4n) is 1.85. The summed E-state index contributed by atoms with van der Waals surface area (Å²) < 4.78 is 19.5. The fourth-order valence-corrected chi connectivity index (χ4v) is 1.85. The Labute approximate surface area is 122 Å². The number of benzene rings is 1. The van der Waals surface area contributed by atoms with Gasteiger partial charge in [-0.05, 0) is 36.1 Å². The van der Waals surface area contributed by atoms with Gasteiger partial charge in [-0.2, -0.15) is 0 Å². The summed E-state index contributed by atoms with van der Waals surface area (Å²) in [6.07, 6.45) is 1.21. The number of aromatic nitrogens is 1. The van der Waals surface area contributed by atoms with Crippen LogP contribution in [0.3, 0.4) is 0 Å². The van der Waals surface area contributed by atoms with E-state index in [1.54, 1.807) is 0 Å². The molecule has 2 rings (SSSR count). The summed E-state index contributed by atoms with van der Waals surface area (Å²) in [5.74, 6) is -1.89. The number of rotatable bonds is 4. The summed E-state index contributed by atoms with van der Waals surface area (Å²) >= 11 is 0. The van der Waals surface area contributed by atoms with Crippen molar-refractivity contribution in [1.82, 2.24) is 4.98 Å². The van der Waals surface area contributed by atoms with E-state index in [2.05, 4.69) is 4.98 Å². The summed E-state index contributed by atoms with van der Waals surface area (Å²) in [6.45, 7) is 5.91. The fraction of sp³-hybridized carbons (Fsp3) is 0.250. The maximum Gasteiger partial charge on any atom is 0.338 e. The zero-order valence-corrected chi connectivity index (χ0v) is 12.1. The van der Waals surface area contributed by atoms with Crippen LogP contribution in [0.25, 0.3) is 0 Å². The van der Waals surface area contributed by atoms with Crippen molar-refractivity contribution in [1.29, 1.82) is 0 Å². The Hall–Kier alpha value is -2.43. The molecule has 0 spiro atoms. The Morgan fingerprint density at radius 2 is 2.05 bits per heavy atom. The van der Waals surface area contributed by atoms with Gasteiger partial charge in [0.05, 0.1) is 0 Å². The van der Waals surface area contributed by atoms with E-state index in [9.17, 15) is 9.18 Å². The van der Waals surface area contributed by atoms with Crippen LogP contribution < -0.4 is 4.74 Å². The molecule has 0 atom stereocenters. The molecule has 0 aliphatic carbocycles. The lowest BCUT2D eigenvalue weighted by Crippen LogP contribution is -2.04.